The lowest BCUT2D eigenvalue weighted by molar-refractivity contribution is -0.115. The number of benzene rings is 3. The first kappa shape index (κ1) is 23.1. The van der Waals surface area contributed by atoms with E-state index in [0.717, 1.165) is 18.4 Å². The number of carbonyl (C=O) groups is 2. The molecule has 0 radical (unpaired) electrons. The SMILES string of the molecule is CCCCCc1ccc(C(=O)Nc2cccc([C@@H]3SCC(=O)N3c3ccc(F)cc3)c2)cc1. The number of amides is 2. The van der Waals surface area contributed by atoms with Gasteiger partial charge in [0.15, 0.2) is 0 Å². The zero-order valence-electron chi connectivity index (χ0n) is 18.6. The molecular formula is C27H27FN2O2S. The summed E-state index contributed by atoms with van der Waals surface area (Å²) in [6, 6.07) is 21.2. The van der Waals surface area contributed by atoms with Gasteiger partial charge in [0.25, 0.3) is 5.91 Å². The highest BCUT2D eigenvalue weighted by molar-refractivity contribution is 8.00. The number of nitrogens with zero attached hydrogens (tertiary/aromatic N) is 1. The highest BCUT2D eigenvalue weighted by Crippen LogP contribution is 2.42. The van der Waals surface area contributed by atoms with Crippen molar-refractivity contribution in [1.29, 1.82) is 0 Å². The molecule has 1 heterocycles. The summed E-state index contributed by atoms with van der Waals surface area (Å²) >= 11 is 1.51. The first-order chi connectivity index (χ1) is 16.0. The fraction of sp³-hybridized carbons (Fsp3) is 0.259. The number of thioether (sulfide) groups is 1. The summed E-state index contributed by atoms with van der Waals surface area (Å²) < 4.78 is 13.3. The van der Waals surface area contributed by atoms with E-state index in [2.05, 4.69) is 12.2 Å². The second-order valence-corrected chi connectivity index (χ2v) is 9.21. The summed E-state index contributed by atoms with van der Waals surface area (Å²) in [5.41, 5.74) is 4.08. The van der Waals surface area contributed by atoms with Crippen molar-refractivity contribution in [2.24, 2.45) is 0 Å². The number of rotatable bonds is 8. The number of aryl methyl sites for hydroxylation is 1. The minimum absolute atomic E-state index is 0.0231. The fourth-order valence-corrected chi connectivity index (χ4v) is 5.09. The number of carbonyl (C=O) groups excluding carboxylic acids is 2. The van der Waals surface area contributed by atoms with Gasteiger partial charge in [-0.05, 0) is 72.5 Å². The molecule has 2 amide bonds. The maximum Gasteiger partial charge on any atom is 0.255 e. The van der Waals surface area contributed by atoms with Gasteiger partial charge in [0.05, 0.1) is 5.75 Å². The highest BCUT2D eigenvalue weighted by Gasteiger charge is 2.34. The summed E-state index contributed by atoms with van der Waals surface area (Å²) in [5, 5.41) is 2.73. The maximum absolute atomic E-state index is 13.3. The third-order valence-electron chi connectivity index (χ3n) is 5.69. The monoisotopic (exact) mass is 462 g/mol. The molecule has 4 nitrogen and oxygen atoms in total. The van der Waals surface area contributed by atoms with E-state index in [0.29, 0.717) is 22.7 Å². The summed E-state index contributed by atoms with van der Waals surface area (Å²) in [5.74, 6) is -0.181. The van der Waals surface area contributed by atoms with Crippen molar-refractivity contribution in [2.45, 2.75) is 38.0 Å². The third-order valence-corrected chi connectivity index (χ3v) is 6.90. The summed E-state index contributed by atoms with van der Waals surface area (Å²) in [4.78, 5) is 27.0. The Bertz CT molecular complexity index is 1120. The van der Waals surface area contributed by atoms with Crippen LogP contribution in [0.4, 0.5) is 15.8 Å². The van der Waals surface area contributed by atoms with Gasteiger partial charge in [-0.25, -0.2) is 4.39 Å². The molecule has 0 saturated carbocycles. The normalized spacial score (nSPS) is 15.6. The molecule has 0 unspecified atom stereocenters. The molecule has 0 aliphatic carbocycles. The average Bonchev–Trinajstić information content (AvgIpc) is 3.22. The molecule has 3 aromatic rings. The molecule has 3 aromatic carbocycles. The first-order valence-electron chi connectivity index (χ1n) is 11.2. The number of halogens is 1. The number of anilines is 2. The Balaban J connectivity index is 1.47. The van der Waals surface area contributed by atoms with E-state index in [1.54, 1.807) is 17.0 Å². The van der Waals surface area contributed by atoms with Gasteiger partial charge >= 0.3 is 0 Å². The number of unbranched alkanes of at least 4 members (excludes halogenated alkanes) is 2. The molecule has 0 spiro atoms. The van der Waals surface area contributed by atoms with Crippen LogP contribution in [0.25, 0.3) is 0 Å². The Morgan fingerprint density at radius 3 is 2.55 bits per heavy atom. The average molecular weight is 463 g/mol. The van der Waals surface area contributed by atoms with Crippen LogP contribution >= 0.6 is 11.8 Å². The fourth-order valence-electron chi connectivity index (χ4n) is 3.93. The summed E-state index contributed by atoms with van der Waals surface area (Å²) in [7, 11) is 0. The van der Waals surface area contributed by atoms with Crippen molar-refractivity contribution in [2.75, 3.05) is 16.0 Å². The number of hydrogen-bond acceptors (Lipinski definition) is 3. The molecule has 1 aliphatic heterocycles. The quantitative estimate of drug-likeness (QED) is 0.384. The number of nitrogens with one attached hydrogen (secondary N) is 1. The maximum atomic E-state index is 13.3. The Morgan fingerprint density at radius 1 is 1.06 bits per heavy atom. The summed E-state index contributed by atoms with van der Waals surface area (Å²) in [6.45, 7) is 2.19. The van der Waals surface area contributed by atoms with Crippen LogP contribution in [0.5, 0.6) is 0 Å². The lowest BCUT2D eigenvalue weighted by Crippen LogP contribution is -2.27. The molecular weight excluding hydrogens is 435 g/mol. The molecule has 4 rings (SSSR count). The molecule has 1 aliphatic rings. The Kier molecular flexibility index (Phi) is 7.45. The Morgan fingerprint density at radius 2 is 1.82 bits per heavy atom. The third kappa shape index (κ3) is 5.63. The minimum atomic E-state index is -0.340. The van der Waals surface area contributed by atoms with E-state index in [9.17, 15) is 14.0 Å². The van der Waals surface area contributed by atoms with Crippen LogP contribution in [0, 0.1) is 5.82 Å². The lowest BCUT2D eigenvalue weighted by Gasteiger charge is -2.24. The summed E-state index contributed by atoms with van der Waals surface area (Å²) in [6.07, 6.45) is 4.59. The predicted molar refractivity (Wildman–Crippen MR) is 133 cm³/mol. The Hall–Kier alpha value is -3.12. The van der Waals surface area contributed by atoms with Crippen LogP contribution in [0.2, 0.25) is 0 Å². The molecule has 0 aromatic heterocycles. The molecule has 1 saturated heterocycles. The van der Waals surface area contributed by atoms with Gasteiger partial charge in [-0.1, -0.05) is 44.0 Å². The van der Waals surface area contributed by atoms with E-state index < -0.39 is 0 Å². The van der Waals surface area contributed by atoms with Crippen molar-refractivity contribution >= 4 is 35.0 Å². The van der Waals surface area contributed by atoms with E-state index in [1.165, 1.54) is 42.3 Å². The predicted octanol–water partition coefficient (Wildman–Crippen LogP) is 6.59. The Labute approximate surface area is 198 Å². The van der Waals surface area contributed by atoms with Gasteiger partial charge in [0.2, 0.25) is 5.91 Å². The van der Waals surface area contributed by atoms with Crippen LogP contribution in [0.3, 0.4) is 0 Å². The standard InChI is InChI=1S/C27H27FN2O2S/c1-2-3-4-6-19-9-11-20(12-10-19)26(32)29-23-8-5-7-21(17-23)27-30(25(31)18-33-27)24-15-13-22(28)14-16-24/h5,7-17,27H,2-4,6,18H2,1H3,(H,29,32)/t27-/m0/s1. The molecule has 1 N–H and O–H groups in total. The minimum Gasteiger partial charge on any atom is -0.322 e. The molecule has 170 valence electrons. The van der Waals surface area contributed by atoms with Crippen molar-refractivity contribution < 1.29 is 14.0 Å². The van der Waals surface area contributed by atoms with Crippen molar-refractivity contribution in [3.8, 4) is 0 Å². The molecule has 0 bridgehead atoms. The topological polar surface area (TPSA) is 49.4 Å². The molecule has 1 fully saturated rings. The van der Waals surface area contributed by atoms with Crippen LogP contribution in [-0.2, 0) is 11.2 Å². The van der Waals surface area contributed by atoms with Gasteiger partial charge in [-0.2, -0.15) is 0 Å². The number of hydrogen-bond donors (Lipinski definition) is 1. The van der Waals surface area contributed by atoms with Crippen LogP contribution in [0.1, 0.15) is 53.0 Å². The van der Waals surface area contributed by atoms with Crippen LogP contribution in [-0.4, -0.2) is 17.6 Å². The second kappa shape index (κ2) is 10.7. The highest BCUT2D eigenvalue weighted by atomic mass is 32.2. The van der Waals surface area contributed by atoms with Gasteiger partial charge in [0.1, 0.15) is 11.2 Å². The second-order valence-electron chi connectivity index (χ2n) is 8.14. The van der Waals surface area contributed by atoms with Gasteiger partial charge in [-0.3, -0.25) is 14.5 Å². The smallest absolute Gasteiger partial charge is 0.255 e. The largest absolute Gasteiger partial charge is 0.322 e. The van der Waals surface area contributed by atoms with Crippen LogP contribution < -0.4 is 10.2 Å². The van der Waals surface area contributed by atoms with Crippen molar-refractivity contribution in [3.05, 3.63) is 95.3 Å². The van der Waals surface area contributed by atoms with Gasteiger partial charge < -0.3 is 5.32 Å². The zero-order chi connectivity index (χ0) is 23.2. The molecule has 6 heteroatoms. The lowest BCUT2D eigenvalue weighted by atomic mass is 10.0. The van der Waals surface area contributed by atoms with Crippen molar-refractivity contribution in [1.82, 2.24) is 0 Å². The molecule has 33 heavy (non-hydrogen) atoms. The van der Waals surface area contributed by atoms with E-state index in [4.69, 9.17) is 0 Å². The zero-order valence-corrected chi connectivity index (χ0v) is 19.4. The first-order valence-corrected chi connectivity index (χ1v) is 12.3. The van der Waals surface area contributed by atoms with E-state index in [-0.39, 0.29) is 23.0 Å². The van der Waals surface area contributed by atoms with E-state index >= 15 is 0 Å². The van der Waals surface area contributed by atoms with Crippen LogP contribution in [0.15, 0.2) is 72.8 Å². The van der Waals surface area contributed by atoms with Crippen molar-refractivity contribution in [3.63, 3.8) is 0 Å². The van der Waals surface area contributed by atoms with Gasteiger partial charge in [-0.15, -0.1) is 11.8 Å². The van der Waals surface area contributed by atoms with E-state index in [1.807, 2.05) is 48.5 Å². The molecule has 1 atom stereocenters. The van der Waals surface area contributed by atoms with Gasteiger partial charge in [0, 0.05) is 16.9 Å².